The number of carbonyl (C=O) groups is 1. The standard InChI is InChI=1S/C10H9N3OS/c11-9(14)7-2-1-3-8(6-7)13-4-5-15-10(13)12/h1-6,12H,(H2,11,14). The molecule has 1 amide bonds. The predicted octanol–water partition coefficient (Wildman–Crippen LogP) is 1.12. The minimum Gasteiger partial charge on any atom is -0.366 e. The molecule has 0 spiro atoms. The Balaban J connectivity index is 2.55. The topological polar surface area (TPSA) is 71.9 Å². The maximum Gasteiger partial charge on any atom is 0.248 e. The lowest BCUT2D eigenvalue weighted by Crippen LogP contribution is -2.13. The number of benzene rings is 1. The first-order chi connectivity index (χ1) is 7.18. The zero-order chi connectivity index (χ0) is 10.8. The third-order valence-electron chi connectivity index (χ3n) is 2.02. The van der Waals surface area contributed by atoms with Gasteiger partial charge >= 0.3 is 0 Å². The number of nitrogens with zero attached hydrogens (tertiary/aromatic N) is 1. The summed E-state index contributed by atoms with van der Waals surface area (Å²) in [6.45, 7) is 0. The molecule has 2 aromatic rings. The van der Waals surface area contributed by atoms with Crippen LogP contribution in [-0.4, -0.2) is 10.5 Å². The summed E-state index contributed by atoms with van der Waals surface area (Å²) in [7, 11) is 0. The molecule has 0 saturated heterocycles. The zero-order valence-corrected chi connectivity index (χ0v) is 8.62. The van der Waals surface area contributed by atoms with Crippen LogP contribution in [0.2, 0.25) is 0 Å². The van der Waals surface area contributed by atoms with E-state index in [1.807, 2.05) is 11.4 Å². The second-order valence-corrected chi connectivity index (χ2v) is 3.89. The Bertz CT molecular complexity index is 556. The molecule has 76 valence electrons. The summed E-state index contributed by atoms with van der Waals surface area (Å²) in [6.07, 6.45) is 1.78. The largest absolute Gasteiger partial charge is 0.366 e. The lowest BCUT2D eigenvalue weighted by Gasteiger charge is -2.03. The van der Waals surface area contributed by atoms with Crippen LogP contribution in [0.5, 0.6) is 0 Å². The average Bonchev–Trinajstić information content (AvgIpc) is 2.64. The van der Waals surface area contributed by atoms with Gasteiger partial charge < -0.3 is 5.73 Å². The Labute approximate surface area is 90.1 Å². The van der Waals surface area contributed by atoms with Gasteiger partial charge in [-0.2, -0.15) is 0 Å². The van der Waals surface area contributed by atoms with Gasteiger partial charge in [0.25, 0.3) is 0 Å². The number of nitrogens with one attached hydrogen (secondary N) is 1. The van der Waals surface area contributed by atoms with Crippen LogP contribution in [0.25, 0.3) is 5.69 Å². The fourth-order valence-corrected chi connectivity index (χ4v) is 1.88. The summed E-state index contributed by atoms with van der Waals surface area (Å²) in [6, 6.07) is 6.91. The van der Waals surface area contributed by atoms with E-state index in [9.17, 15) is 4.79 Å². The van der Waals surface area contributed by atoms with E-state index >= 15 is 0 Å². The number of hydrogen-bond acceptors (Lipinski definition) is 3. The predicted molar refractivity (Wildman–Crippen MR) is 58.0 cm³/mol. The Morgan fingerprint density at radius 2 is 2.27 bits per heavy atom. The Morgan fingerprint density at radius 1 is 1.47 bits per heavy atom. The Hall–Kier alpha value is -1.88. The van der Waals surface area contributed by atoms with Gasteiger partial charge in [0.2, 0.25) is 5.91 Å². The molecule has 3 N–H and O–H groups in total. The number of rotatable bonds is 2. The third-order valence-corrected chi connectivity index (χ3v) is 2.69. The van der Waals surface area contributed by atoms with Crippen LogP contribution in [0, 0.1) is 5.41 Å². The average molecular weight is 219 g/mol. The quantitative estimate of drug-likeness (QED) is 0.780. The van der Waals surface area contributed by atoms with Crippen molar-refractivity contribution in [1.29, 1.82) is 5.41 Å². The molecular weight excluding hydrogens is 210 g/mol. The number of nitrogens with two attached hydrogens (primary N) is 1. The molecule has 4 nitrogen and oxygen atoms in total. The SMILES string of the molecule is N=c1sccn1-c1cccc(C(N)=O)c1. The van der Waals surface area contributed by atoms with Gasteiger partial charge in [0.1, 0.15) is 0 Å². The van der Waals surface area contributed by atoms with E-state index in [4.69, 9.17) is 11.1 Å². The first kappa shape index (κ1) is 9.67. The van der Waals surface area contributed by atoms with Crippen molar-refractivity contribution in [3.8, 4) is 5.69 Å². The molecular formula is C10H9N3OS. The third kappa shape index (κ3) is 1.82. The second-order valence-electron chi connectivity index (χ2n) is 2.99. The van der Waals surface area contributed by atoms with E-state index in [2.05, 4.69) is 0 Å². The molecule has 0 saturated carbocycles. The minimum atomic E-state index is -0.459. The van der Waals surface area contributed by atoms with Crippen molar-refractivity contribution >= 4 is 17.2 Å². The van der Waals surface area contributed by atoms with E-state index in [1.165, 1.54) is 11.3 Å². The Kier molecular flexibility index (Phi) is 2.39. The van der Waals surface area contributed by atoms with Crippen LogP contribution >= 0.6 is 11.3 Å². The maximum absolute atomic E-state index is 11.0. The number of carbonyl (C=O) groups excluding carboxylic acids is 1. The van der Waals surface area contributed by atoms with E-state index in [0.717, 1.165) is 5.69 Å². The van der Waals surface area contributed by atoms with Crippen molar-refractivity contribution in [3.63, 3.8) is 0 Å². The van der Waals surface area contributed by atoms with Crippen LogP contribution in [0.1, 0.15) is 10.4 Å². The highest BCUT2D eigenvalue weighted by molar-refractivity contribution is 7.07. The van der Waals surface area contributed by atoms with E-state index in [1.54, 1.807) is 29.0 Å². The molecule has 0 atom stereocenters. The van der Waals surface area contributed by atoms with Crippen molar-refractivity contribution in [2.75, 3.05) is 0 Å². The van der Waals surface area contributed by atoms with Crippen LogP contribution < -0.4 is 10.5 Å². The fourth-order valence-electron chi connectivity index (χ4n) is 1.29. The highest BCUT2D eigenvalue weighted by atomic mass is 32.1. The highest BCUT2D eigenvalue weighted by Crippen LogP contribution is 2.09. The Morgan fingerprint density at radius 3 is 2.87 bits per heavy atom. The smallest absolute Gasteiger partial charge is 0.248 e. The molecule has 0 aliphatic heterocycles. The molecule has 15 heavy (non-hydrogen) atoms. The fraction of sp³-hybridized carbons (Fsp3) is 0. The summed E-state index contributed by atoms with van der Waals surface area (Å²) in [5.74, 6) is -0.459. The minimum absolute atomic E-state index is 0.414. The number of hydrogen-bond donors (Lipinski definition) is 2. The van der Waals surface area contributed by atoms with E-state index < -0.39 is 5.91 Å². The second kappa shape index (κ2) is 3.70. The molecule has 0 bridgehead atoms. The molecule has 0 radical (unpaired) electrons. The van der Waals surface area contributed by atoms with Crippen molar-refractivity contribution < 1.29 is 4.79 Å². The van der Waals surface area contributed by atoms with Crippen molar-refractivity contribution in [3.05, 3.63) is 46.2 Å². The molecule has 5 heteroatoms. The van der Waals surface area contributed by atoms with Gasteiger partial charge in [0.05, 0.1) is 0 Å². The monoisotopic (exact) mass is 219 g/mol. The molecule has 0 unspecified atom stereocenters. The van der Waals surface area contributed by atoms with Gasteiger partial charge in [-0.3, -0.25) is 14.8 Å². The van der Waals surface area contributed by atoms with Gasteiger partial charge in [-0.25, -0.2) is 0 Å². The van der Waals surface area contributed by atoms with Gasteiger partial charge in [-0.1, -0.05) is 6.07 Å². The number of aromatic nitrogens is 1. The first-order valence-corrected chi connectivity index (χ1v) is 5.17. The number of primary amides is 1. The van der Waals surface area contributed by atoms with E-state index in [-0.39, 0.29) is 0 Å². The van der Waals surface area contributed by atoms with Crippen LogP contribution in [0.3, 0.4) is 0 Å². The summed E-state index contributed by atoms with van der Waals surface area (Å²) < 4.78 is 1.69. The van der Waals surface area contributed by atoms with E-state index in [0.29, 0.717) is 10.4 Å². The van der Waals surface area contributed by atoms with Gasteiger partial charge in [0.15, 0.2) is 4.80 Å². The summed E-state index contributed by atoms with van der Waals surface area (Å²) in [4.78, 5) is 11.4. The van der Waals surface area contributed by atoms with Crippen LogP contribution in [-0.2, 0) is 0 Å². The highest BCUT2D eigenvalue weighted by Gasteiger charge is 2.03. The number of amides is 1. The summed E-state index contributed by atoms with van der Waals surface area (Å²) in [5, 5.41) is 9.45. The van der Waals surface area contributed by atoms with Crippen molar-refractivity contribution in [2.45, 2.75) is 0 Å². The normalized spacial score (nSPS) is 10.1. The maximum atomic E-state index is 11.0. The number of thiazole rings is 1. The molecule has 0 aliphatic rings. The molecule has 0 fully saturated rings. The molecule has 1 heterocycles. The zero-order valence-electron chi connectivity index (χ0n) is 7.81. The summed E-state index contributed by atoms with van der Waals surface area (Å²) in [5.41, 5.74) is 6.41. The molecule has 2 rings (SSSR count). The van der Waals surface area contributed by atoms with Gasteiger partial charge in [-0.15, -0.1) is 11.3 Å². The van der Waals surface area contributed by atoms with Crippen LogP contribution in [0.4, 0.5) is 0 Å². The van der Waals surface area contributed by atoms with Crippen molar-refractivity contribution in [1.82, 2.24) is 4.57 Å². The van der Waals surface area contributed by atoms with Gasteiger partial charge in [0, 0.05) is 22.8 Å². The summed E-state index contributed by atoms with van der Waals surface area (Å²) >= 11 is 1.33. The lowest BCUT2D eigenvalue weighted by molar-refractivity contribution is 0.100. The lowest BCUT2D eigenvalue weighted by atomic mass is 10.2. The first-order valence-electron chi connectivity index (χ1n) is 4.29. The van der Waals surface area contributed by atoms with Crippen molar-refractivity contribution in [2.24, 2.45) is 5.73 Å². The molecule has 1 aromatic carbocycles. The molecule has 1 aromatic heterocycles. The van der Waals surface area contributed by atoms with Gasteiger partial charge in [-0.05, 0) is 18.2 Å². The van der Waals surface area contributed by atoms with Crippen LogP contribution in [0.15, 0.2) is 35.8 Å². The molecule has 0 aliphatic carbocycles.